The summed E-state index contributed by atoms with van der Waals surface area (Å²) in [6, 6.07) is 14.2. The van der Waals surface area contributed by atoms with Gasteiger partial charge in [0.1, 0.15) is 11.6 Å². The van der Waals surface area contributed by atoms with E-state index in [2.05, 4.69) is 9.97 Å². The normalized spacial score (nSPS) is 13.7. The van der Waals surface area contributed by atoms with E-state index in [-0.39, 0.29) is 36.6 Å². The number of para-hydroxylation sites is 1. The van der Waals surface area contributed by atoms with Crippen LogP contribution in [0.25, 0.3) is 10.9 Å². The van der Waals surface area contributed by atoms with Crippen molar-refractivity contribution in [1.29, 1.82) is 0 Å². The minimum absolute atomic E-state index is 0.105. The van der Waals surface area contributed by atoms with Crippen molar-refractivity contribution in [2.45, 2.75) is 39.3 Å². The van der Waals surface area contributed by atoms with E-state index < -0.39 is 0 Å². The number of aromatic nitrogens is 2. The van der Waals surface area contributed by atoms with E-state index in [1.807, 2.05) is 32.0 Å². The smallest absolute Gasteiger partial charge is 0.261 e. The van der Waals surface area contributed by atoms with E-state index >= 15 is 0 Å². The molecule has 8 nitrogen and oxygen atoms in total. The number of ether oxygens (including phenoxy) is 1. The molecule has 0 saturated carbocycles. The van der Waals surface area contributed by atoms with Crippen LogP contribution in [0.5, 0.6) is 5.75 Å². The predicted molar refractivity (Wildman–Crippen MR) is 122 cm³/mol. The number of benzene rings is 2. The molecule has 0 aliphatic carbocycles. The van der Waals surface area contributed by atoms with E-state index in [1.165, 1.54) is 0 Å². The molecule has 166 valence electrons. The summed E-state index contributed by atoms with van der Waals surface area (Å²) in [6.07, 6.45) is 1.45. The van der Waals surface area contributed by atoms with Gasteiger partial charge in [0, 0.05) is 24.7 Å². The fourth-order valence-electron chi connectivity index (χ4n) is 3.80. The van der Waals surface area contributed by atoms with Crippen LogP contribution in [0, 0.1) is 0 Å². The fraction of sp³-hybridized carbons (Fsp3) is 0.333. The van der Waals surface area contributed by atoms with Crippen molar-refractivity contribution in [1.82, 2.24) is 14.9 Å². The molecule has 4 rings (SSSR count). The van der Waals surface area contributed by atoms with Crippen molar-refractivity contribution < 1.29 is 14.3 Å². The number of anilines is 1. The molecule has 1 fully saturated rings. The van der Waals surface area contributed by atoms with Crippen LogP contribution in [0.2, 0.25) is 0 Å². The van der Waals surface area contributed by atoms with Gasteiger partial charge in [-0.25, -0.2) is 4.98 Å². The highest BCUT2D eigenvalue weighted by molar-refractivity contribution is 5.95. The molecule has 2 heterocycles. The second kappa shape index (κ2) is 9.21. The molecule has 1 aliphatic heterocycles. The number of rotatable bonds is 7. The van der Waals surface area contributed by atoms with Crippen molar-refractivity contribution in [3.8, 4) is 5.75 Å². The van der Waals surface area contributed by atoms with Crippen molar-refractivity contribution in [3.05, 3.63) is 64.7 Å². The zero-order chi connectivity index (χ0) is 22.7. The summed E-state index contributed by atoms with van der Waals surface area (Å²) in [5, 5.41) is 0.515. The largest absolute Gasteiger partial charge is 0.484 e. The van der Waals surface area contributed by atoms with E-state index in [4.69, 9.17) is 4.74 Å². The second-order valence-electron chi connectivity index (χ2n) is 8.08. The minimum atomic E-state index is -0.227. The monoisotopic (exact) mass is 434 g/mol. The minimum Gasteiger partial charge on any atom is -0.484 e. The molecule has 3 aromatic rings. The number of fused-ring (bicyclic) bond motifs is 1. The molecule has 2 amide bonds. The lowest BCUT2D eigenvalue weighted by atomic mass is 10.2. The Morgan fingerprint density at radius 2 is 1.91 bits per heavy atom. The van der Waals surface area contributed by atoms with Crippen LogP contribution in [0.3, 0.4) is 0 Å². The van der Waals surface area contributed by atoms with Gasteiger partial charge in [-0.05, 0) is 56.7 Å². The number of hydrogen-bond donors (Lipinski definition) is 1. The molecular weight excluding hydrogens is 408 g/mol. The number of carbonyl (C=O) groups is 2. The van der Waals surface area contributed by atoms with Crippen molar-refractivity contribution in [2.75, 3.05) is 18.1 Å². The van der Waals surface area contributed by atoms with Gasteiger partial charge in [-0.2, -0.15) is 0 Å². The molecule has 0 spiro atoms. The number of aromatic amines is 1. The molecule has 2 aromatic carbocycles. The number of hydrogen-bond acceptors (Lipinski definition) is 5. The molecule has 0 atom stereocenters. The van der Waals surface area contributed by atoms with Gasteiger partial charge in [0.15, 0.2) is 6.61 Å². The van der Waals surface area contributed by atoms with Gasteiger partial charge >= 0.3 is 0 Å². The average molecular weight is 434 g/mol. The van der Waals surface area contributed by atoms with Gasteiger partial charge in [0.2, 0.25) is 5.91 Å². The summed E-state index contributed by atoms with van der Waals surface area (Å²) < 4.78 is 5.69. The third-order valence-corrected chi connectivity index (χ3v) is 5.51. The molecule has 8 heteroatoms. The number of carbonyl (C=O) groups excluding carboxylic acids is 2. The molecule has 1 aromatic heterocycles. The van der Waals surface area contributed by atoms with Gasteiger partial charge in [-0.1, -0.05) is 12.1 Å². The first-order valence-corrected chi connectivity index (χ1v) is 10.7. The van der Waals surface area contributed by atoms with E-state index in [0.29, 0.717) is 28.9 Å². The third-order valence-electron chi connectivity index (χ3n) is 5.51. The molecule has 0 bridgehead atoms. The lowest BCUT2D eigenvalue weighted by Crippen LogP contribution is -2.40. The van der Waals surface area contributed by atoms with E-state index in [1.54, 1.807) is 40.1 Å². The molecule has 1 aliphatic rings. The number of nitrogens with one attached hydrogen (secondary N) is 1. The van der Waals surface area contributed by atoms with E-state index in [0.717, 1.165) is 18.7 Å². The van der Waals surface area contributed by atoms with Gasteiger partial charge in [-0.3, -0.25) is 14.4 Å². The van der Waals surface area contributed by atoms with Gasteiger partial charge < -0.3 is 19.5 Å². The quantitative estimate of drug-likeness (QED) is 0.617. The van der Waals surface area contributed by atoms with Crippen molar-refractivity contribution in [2.24, 2.45) is 0 Å². The SMILES string of the molecule is CC(C)N(Cc1nc2ccccc2c(=O)[nH]1)C(=O)COc1ccc(N2CCCC2=O)cc1. The first-order valence-electron chi connectivity index (χ1n) is 10.7. The van der Waals surface area contributed by atoms with Crippen LogP contribution >= 0.6 is 0 Å². The number of nitrogens with zero attached hydrogens (tertiary/aromatic N) is 3. The molecule has 1 saturated heterocycles. The van der Waals surface area contributed by atoms with E-state index in [9.17, 15) is 14.4 Å². The highest BCUT2D eigenvalue weighted by atomic mass is 16.5. The zero-order valence-electron chi connectivity index (χ0n) is 18.2. The highest BCUT2D eigenvalue weighted by Crippen LogP contribution is 2.24. The summed E-state index contributed by atoms with van der Waals surface area (Å²) in [5.41, 5.74) is 1.20. The Morgan fingerprint density at radius 3 is 2.59 bits per heavy atom. The number of H-pyrrole nitrogens is 1. The Labute approximate surface area is 185 Å². The van der Waals surface area contributed by atoms with Gasteiger partial charge in [-0.15, -0.1) is 0 Å². The lowest BCUT2D eigenvalue weighted by molar-refractivity contribution is -0.135. The van der Waals surface area contributed by atoms with Crippen LogP contribution in [0.15, 0.2) is 53.3 Å². The average Bonchev–Trinajstić information content (AvgIpc) is 3.22. The predicted octanol–water partition coefficient (Wildman–Crippen LogP) is 2.87. The highest BCUT2D eigenvalue weighted by Gasteiger charge is 2.22. The van der Waals surface area contributed by atoms with Crippen LogP contribution in [-0.2, 0) is 16.1 Å². The van der Waals surface area contributed by atoms with Crippen LogP contribution < -0.4 is 15.2 Å². The summed E-state index contributed by atoms with van der Waals surface area (Å²) in [5.74, 6) is 0.890. The Hall–Kier alpha value is -3.68. The maximum atomic E-state index is 12.9. The summed E-state index contributed by atoms with van der Waals surface area (Å²) >= 11 is 0. The van der Waals surface area contributed by atoms with Crippen LogP contribution in [0.1, 0.15) is 32.5 Å². The summed E-state index contributed by atoms with van der Waals surface area (Å²) in [6.45, 7) is 4.57. The molecule has 32 heavy (non-hydrogen) atoms. The van der Waals surface area contributed by atoms with Crippen LogP contribution in [0.4, 0.5) is 5.69 Å². The lowest BCUT2D eigenvalue weighted by Gasteiger charge is -2.26. The third kappa shape index (κ3) is 4.64. The van der Waals surface area contributed by atoms with Crippen molar-refractivity contribution in [3.63, 3.8) is 0 Å². The van der Waals surface area contributed by atoms with Gasteiger partial charge in [0.05, 0.1) is 17.4 Å². The standard InChI is InChI=1S/C24H26N4O4/c1-16(2)28(14-21-25-20-7-4-3-6-19(20)24(31)26-21)23(30)15-32-18-11-9-17(10-12-18)27-13-5-8-22(27)29/h3-4,6-7,9-12,16H,5,8,13-15H2,1-2H3,(H,25,26,31). The summed E-state index contributed by atoms with van der Waals surface area (Å²) in [7, 11) is 0. The van der Waals surface area contributed by atoms with Crippen LogP contribution in [-0.4, -0.2) is 45.9 Å². The number of amides is 2. The molecule has 0 unspecified atom stereocenters. The van der Waals surface area contributed by atoms with Crippen molar-refractivity contribution >= 4 is 28.4 Å². The fourth-order valence-corrected chi connectivity index (χ4v) is 3.80. The second-order valence-corrected chi connectivity index (χ2v) is 8.08. The molecular formula is C24H26N4O4. The molecule has 1 N–H and O–H groups in total. The Bertz CT molecular complexity index is 1190. The Balaban J connectivity index is 1.41. The first-order chi connectivity index (χ1) is 15.4. The summed E-state index contributed by atoms with van der Waals surface area (Å²) in [4.78, 5) is 47.7. The Morgan fingerprint density at radius 1 is 1.16 bits per heavy atom. The topological polar surface area (TPSA) is 95.6 Å². The first kappa shape index (κ1) is 21.5. The zero-order valence-corrected chi connectivity index (χ0v) is 18.2. The maximum absolute atomic E-state index is 12.9. The molecule has 0 radical (unpaired) electrons. The van der Waals surface area contributed by atoms with Gasteiger partial charge in [0.25, 0.3) is 11.5 Å². The maximum Gasteiger partial charge on any atom is 0.261 e. The Kier molecular flexibility index (Phi) is 6.20.